The summed E-state index contributed by atoms with van der Waals surface area (Å²) >= 11 is 5.87. The van der Waals surface area contributed by atoms with Gasteiger partial charge < -0.3 is 4.90 Å². The molecule has 2 heterocycles. The smallest absolute Gasteiger partial charge is 0.210 e. The molecule has 2 aromatic rings. The lowest BCUT2D eigenvalue weighted by atomic mass is 10.3. The van der Waals surface area contributed by atoms with Crippen LogP contribution in [0.3, 0.4) is 0 Å². The Morgan fingerprint density at radius 1 is 1.53 bits per heavy atom. The van der Waals surface area contributed by atoms with E-state index in [1.165, 1.54) is 0 Å². The van der Waals surface area contributed by atoms with Gasteiger partial charge in [0.25, 0.3) is 0 Å². The predicted octanol–water partition coefficient (Wildman–Crippen LogP) is 1.87. The fourth-order valence-corrected chi connectivity index (χ4v) is 1.63. The van der Waals surface area contributed by atoms with Crippen LogP contribution in [0.4, 0.5) is 5.95 Å². The lowest BCUT2D eigenvalue weighted by molar-refractivity contribution is 0.112. The summed E-state index contributed by atoms with van der Waals surface area (Å²) in [5.74, 6) is 0.712. The van der Waals surface area contributed by atoms with Crippen molar-refractivity contribution < 1.29 is 4.79 Å². The van der Waals surface area contributed by atoms with Gasteiger partial charge in [0.1, 0.15) is 5.69 Å². The SMILES string of the molecule is CN(C)c1nc(C=O)c2cc(Cl)ccn12. The summed E-state index contributed by atoms with van der Waals surface area (Å²) in [4.78, 5) is 16.9. The molecule has 0 spiro atoms. The molecule has 78 valence electrons. The highest BCUT2D eigenvalue weighted by Gasteiger charge is 2.11. The molecular formula is C10H10ClN3O. The fraction of sp³-hybridized carbons (Fsp3) is 0.200. The molecule has 0 saturated carbocycles. The second-order valence-corrected chi connectivity index (χ2v) is 3.85. The Labute approximate surface area is 92.1 Å². The summed E-state index contributed by atoms with van der Waals surface area (Å²) < 4.78 is 1.83. The molecule has 0 bridgehead atoms. The third-order valence-corrected chi connectivity index (χ3v) is 2.36. The summed E-state index contributed by atoms with van der Waals surface area (Å²) in [6, 6.07) is 3.49. The second kappa shape index (κ2) is 3.55. The third kappa shape index (κ3) is 1.57. The largest absolute Gasteiger partial charge is 0.348 e. The Balaban J connectivity index is 2.80. The van der Waals surface area contributed by atoms with Crippen LogP contribution in [0.2, 0.25) is 5.02 Å². The van der Waals surface area contributed by atoms with Gasteiger partial charge in [-0.2, -0.15) is 0 Å². The number of aromatic nitrogens is 2. The van der Waals surface area contributed by atoms with Crippen molar-refractivity contribution in [3.05, 3.63) is 29.0 Å². The van der Waals surface area contributed by atoms with Crippen molar-refractivity contribution in [3.63, 3.8) is 0 Å². The van der Waals surface area contributed by atoms with Crippen LogP contribution in [0.25, 0.3) is 5.52 Å². The van der Waals surface area contributed by atoms with Crippen molar-refractivity contribution in [2.75, 3.05) is 19.0 Å². The highest BCUT2D eigenvalue weighted by Crippen LogP contribution is 2.20. The van der Waals surface area contributed by atoms with Gasteiger partial charge in [0.15, 0.2) is 6.29 Å². The average Bonchev–Trinajstić information content (AvgIpc) is 2.55. The first kappa shape index (κ1) is 9.98. The maximum atomic E-state index is 10.8. The van der Waals surface area contributed by atoms with E-state index in [2.05, 4.69) is 4.98 Å². The van der Waals surface area contributed by atoms with Crippen LogP contribution in [-0.2, 0) is 0 Å². The topological polar surface area (TPSA) is 37.6 Å². The molecule has 0 saturated heterocycles. The number of aldehydes is 1. The molecule has 0 aromatic carbocycles. The molecule has 0 unspecified atom stereocenters. The first-order chi connectivity index (χ1) is 7.13. The number of halogens is 1. The molecule has 0 N–H and O–H groups in total. The number of anilines is 1. The Kier molecular flexibility index (Phi) is 2.36. The molecule has 0 fully saturated rings. The van der Waals surface area contributed by atoms with E-state index >= 15 is 0 Å². The molecule has 0 aliphatic rings. The highest BCUT2D eigenvalue weighted by molar-refractivity contribution is 6.31. The summed E-state index contributed by atoms with van der Waals surface area (Å²) in [5.41, 5.74) is 1.13. The van der Waals surface area contributed by atoms with Crippen molar-refractivity contribution in [1.82, 2.24) is 9.38 Å². The van der Waals surface area contributed by atoms with Gasteiger partial charge in [-0.05, 0) is 12.1 Å². The molecule has 0 amide bonds. The monoisotopic (exact) mass is 223 g/mol. The van der Waals surface area contributed by atoms with E-state index in [-0.39, 0.29) is 0 Å². The zero-order valence-electron chi connectivity index (χ0n) is 8.44. The van der Waals surface area contributed by atoms with Crippen molar-refractivity contribution in [2.45, 2.75) is 0 Å². The molecule has 2 rings (SSSR count). The van der Waals surface area contributed by atoms with E-state index in [1.807, 2.05) is 23.4 Å². The van der Waals surface area contributed by atoms with Crippen LogP contribution in [0.15, 0.2) is 18.3 Å². The van der Waals surface area contributed by atoms with Crippen LogP contribution < -0.4 is 4.90 Å². The van der Waals surface area contributed by atoms with Crippen LogP contribution in [0, 0.1) is 0 Å². The van der Waals surface area contributed by atoms with Gasteiger partial charge >= 0.3 is 0 Å². The number of nitrogens with zero attached hydrogens (tertiary/aromatic N) is 3. The van der Waals surface area contributed by atoms with Crippen LogP contribution in [0.5, 0.6) is 0 Å². The summed E-state index contributed by atoms with van der Waals surface area (Å²) in [6.07, 6.45) is 2.53. The normalized spacial score (nSPS) is 10.6. The minimum Gasteiger partial charge on any atom is -0.348 e. The Morgan fingerprint density at radius 2 is 2.27 bits per heavy atom. The molecule has 0 radical (unpaired) electrons. The van der Waals surface area contributed by atoms with Gasteiger partial charge in [0, 0.05) is 25.3 Å². The predicted molar refractivity (Wildman–Crippen MR) is 59.9 cm³/mol. The Hall–Kier alpha value is -1.55. The number of pyridine rings is 1. The number of imidazole rings is 1. The quantitative estimate of drug-likeness (QED) is 0.730. The molecule has 2 aromatic heterocycles. The van der Waals surface area contributed by atoms with Crippen LogP contribution in [-0.4, -0.2) is 29.8 Å². The maximum Gasteiger partial charge on any atom is 0.210 e. The first-order valence-electron chi connectivity index (χ1n) is 4.43. The van der Waals surface area contributed by atoms with Crippen molar-refractivity contribution in [3.8, 4) is 0 Å². The lowest BCUT2D eigenvalue weighted by Gasteiger charge is -2.09. The number of hydrogen-bond donors (Lipinski definition) is 0. The number of carbonyl (C=O) groups excluding carboxylic acids is 1. The number of fused-ring (bicyclic) bond motifs is 1. The second-order valence-electron chi connectivity index (χ2n) is 3.41. The van der Waals surface area contributed by atoms with Crippen LogP contribution >= 0.6 is 11.6 Å². The van der Waals surface area contributed by atoms with Crippen molar-refractivity contribution in [1.29, 1.82) is 0 Å². The molecule has 0 aliphatic heterocycles. The van der Waals surface area contributed by atoms with Gasteiger partial charge in [-0.3, -0.25) is 9.20 Å². The number of rotatable bonds is 2. The third-order valence-electron chi connectivity index (χ3n) is 2.13. The minimum absolute atomic E-state index is 0.404. The molecular weight excluding hydrogens is 214 g/mol. The first-order valence-corrected chi connectivity index (χ1v) is 4.81. The van der Waals surface area contributed by atoms with E-state index in [1.54, 1.807) is 18.3 Å². The summed E-state index contributed by atoms with van der Waals surface area (Å²) in [5, 5.41) is 0.593. The number of hydrogen-bond acceptors (Lipinski definition) is 3. The van der Waals surface area contributed by atoms with E-state index in [9.17, 15) is 4.79 Å². The fourth-order valence-electron chi connectivity index (χ4n) is 1.47. The standard InChI is InChI=1S/C10H10ClN3O/c1-13(2)10-12-8(6-15)9-5-7(11)3-4-14(9)10/h3-6H,1-2H3. The van der Waals surface area contributed by atoms with Gasteiger partial charge in [0.2, 0.25) is 5.95 Å². The minimum atomic E-state index is 0.404. The zero-order chi connectivity index (χ0) is 11.0. The lowest BCUT2D eigenvalue weighted by Crippen LogP contribution is -2.12. The van der Waals surface area contributed by atoms with Gasteiger partial charge in [-0.25, -0.2) is 4.98 Å². The zero-order valence-corrected chi connectivity index (χ0v) is 9.19. The van der Waals surface area contributed by atoms with Crippen molar-refractivity contribution >= 4 is 29.4 Å². The molecule has 0 atom stereocenters. The molecule has 0 aliphatic carbocycles. The van der Waals surface area contributed by atoms with E-state index in [4.69, 9.17) is 11.6 Å². The Morgan fingerprint density at radius 3 is 2.87 bits per heavy atom. The Bertz CT molecular complexity index is 519. The summed E-state index contributed by atoms with van der Waals surface area (Å²) in [6.45, 7) is 0. The van der Waals surface area contributed by atoms with Gasteiger partial charge in [0.05, 0.1) is 5.52 Å². The molecule has 4 nitrogen and oxygen atoms in total. The summed E-state index contributed by atoms with van der Waals surface area (Å²) in [7, 11) is 3.75. The van der Waals surface area contributed by atoms with Gasteiger partial charge in [-0.15, -0.1) is 0 Å². The number of carbonyl (C=O) groups is 1. The van der Waals surface area contributed by atoms with E-state index < -0.39 is 0 Å². The van der Waals surface area contributed by atoms with Crippen LogP contribution in [0.1, 0.15) is 10.5 Å². The average molecular weight is 224 g/mol. The molecule has 5 heteroatoms. The van der Waals surface area contributed by atoms with E-state index in [0.717, 1.165) is 11.8 Å². The molecule has 15 heavy (non-hydrogen) atoms. The maximum absolute atomic E-state index is 10.8. The highest BCUT2D eigenvalue weighted by atomic mass is 35.5. The van der Waals surface area contributed by atoms with Gasteiger partial charge in [-0.1, -0.05) is 11.6 Å². The van der Waals surface area contributed by atoms with E-state index in [0.29, 0.717) is 16.7 Å². The van der Waals surface area contributed by atoms with Crippen molar-refractivity contribution in [2.24, 2.45) is 0 Å².